The number of fused-ring (bicyclic) bond motifs is 1. The molecule has 0 amide bonds. The Kier molecular flexibility index (Phi) is 4.77. The monoisotopic (exact) mass is 398 g/mol. The lowest BCUT2D eigenvalue weighted by atomic mass is 10.0. The normalized spacial score (nSPS) is 16.7. The van der Waals surface area contributed by atoms with E-state index >= 15 is 0 Å². The molecule has 0 unspecified atom stereocenters. The molecule has 2 aromatic carbocycles. The summed E-state index contributed by atoms with van der Waals surface area (Å²) >= 11 is 0. The quantitative estimate of drug-likeness (QED) is 0.528. The van der Waals surface area contributed by atoms with Crippen molar-refractivity contribution >= 4 is 16.7 Å². The van der Waals surface area contributed by atoms with Crippen molar-refractivity contribution in [1.29, 1.82) is 0 Å². The van der Waals surface area contributed by atoms with E-state index in [2.05, 4.69) is 40.2 Å². The first-order valence-corrected chi connectivity index (χ1v) is 10.0. The van der Waals surface area contributed by atoms with Gasteiger partial charge in [0.15, 0.2) is 0 Å². The summed E-state index contributed by atoms with van der Waals surface area (Å²) in [5.74, 6) is 0.656. The van der Waals surface area contributed by atoms with Crippen LogP contribution in [0.2, 0.25) is 0 Å². The van der Waals surface area contributed by atoms with Crippen LogP contribution in [0.1, 0.15) is 11.7 Å². The van der Waals surface area contributed by atoms with Gasteiger partial charge >= 0.3 is 0 Å². The lowest BCUT2D eigenvalue weighted by molar-refractivity contribution is 0.0390. The minimum absolute atomic E-state index is 0.0789. The van der Waals surface area contributed by atoms with Crippen LogP contribution in [0.3, 0.4) is 0 Å². The molecule has 3 heterocycles. The van der Waals surface area contributed by atoms with Crippen molar-refractivity contribution in [3.8, 4) is 11.3 Å². The van der Waals surface area contributed by atoms with Crippen molar-refractivity contribution in [2.45, 2.75) is 6.10 Å². The van der Waals surface area contributed by atoms with Crippen LogP contribution in [0, 0.1) is 0 Å². The standard InChI is InChI=1S/C24H22N4O2/c1-27-23(29)15-21(18-8-10-25-11-9-18)26-24(27)28-12-13-30-22(16-28)20-7-6-17-4-2-3-5-19(17)14-20/h2-11,14-15,22H,12-13,16H2,1H3/t22-/m1/s1. The van der Waals surface area contributed by atoms with E-state index in [1.54, 1.807) is 30.1 Å². The highest BCUT2D eigenvalue weighted by Gasteiger charge is 2.25. The zero-order chi connectivity index (χ0) is 20.5. The summed E-state index contributed by atoms with van der Waals surface area (Å²) in [5.41, 5.74) is 2.58. The van der Waals surface area contributed by atoms with Gasteiger partial charge < -0.3 is 9.64 Å². The maximum Gasteiger partial charge on any atom is 0.255 e. The second-order valence-electron chi connectivity index (χ2n) is 7.49. The van der Waals surface area contributed by atoms with Gasteiger partial charge in [-0.25, -0.2) is 4.98 Å². The van der Waals surface area contributed by atoms with Crippen LogP contribution in [-0.4, -0.2) is 34.2 Å². The second-order valence-corrected chi connectivity index (χ2v) is 7.49. The molecule has 2 aromatic heterocycles. The molecule has 0 spiro atoms. The summed E-state index contributed by atoms with van der Waals surface area (Å²) < 4.78 is 7.69. The van der Waals surface area contributed by atoms with E-state index in [4.69, 9.17) is 9.72 Å². The average Bonchev–Trinajstić information content (AvgIpc) is 2.81. The highest BCUT2D eigenvalue weighted by Crippen LogP contribution is 2.28. The molecule has 4 aromatic rings. The summed E-state index contributed by atoms with van der Waals surface area (Å²) in [6, 6.07) is 20.0. The SMILES string of the molecule is Cn1c(N2CCO[C@@H](c3ccc4ccccc4c3)C2)nc(-c2ccncc2)cc1=O. The van der Waals surface area contributed by atoms with Gasteiger partial charge in [0.1, 0.15) is 6.10 Å². The topological polar surface area (TPSA) is 60.2 Å². The van der Waals surface area contributed by atoms with Gasteiger partial charge in [0, 0.05) is 37.6 Å². The fourth-order valence-electron chi connectivity index (χ4n) is 3.92. The molecule has 1 saturated heterocycles. The molecule has 1 aliphatic rings. The molecule has 6 heteroatoms. The number of pyridine rings is 1. The van der Waals surface area contributed by atoms with Crippen molar-refractivity contribution in [1.82, 2.24) is 14.5 Å². The van der Waals surface area contributed by atoms with Gasteiger partial charge in [0.2, 0.25) is 5.95 Å². The molecular weight excluding hydrogens is 376 g/mol. The van der Waals surface area contributed by atoms with Gasteiger partial charge in [0.05, 0.1) is 18.8 Å². The number of aromatic nitrogens is 3. The van der Waals surface area contributed by atoms with Crippen LogP contribution < -0.4 is 10.5 Å². The molecule has 0 saturated carbocycles. The van der Waals surface area contributed by atoms with E-state index in [-0.39, 0.29) is 11.7 Å². The molecule has 1 fully saturated rings. The molecular formula is C24H22N4O2. The lowest BCUT2D eigenvalue weighted by Gasteiger charge is -2.34. The maximum atomic E-state index is 12.6. The number of anilines is 1. The van der Waals surface area contributed by atoms with Crippen molar-refractivity contribution in [3.63, 3.8) is 0 Å². The van der Waals surface area contributed by atoms with Crippen LogP contribution in [0.4, 0.5) is 5.95 Å². The molecule has 0 aliphatic carbocycles. The maximum absolute atomic E-state index is 12.6. The van der Waals surface area contributed by atoms with Gasteiger partial charge in [-0.05, 0) is 34.5 Å². The van der Waals surface area contributed by atoms with Gasteiger partial charge in [-0.3, -0.25) is 14.3 Å². The van der Waals surface area contributed by atoms with E-state index in [9.17, 15) is 4.79 Å². The Morgan fingerprint density at radius 1 is 1.00 bits per heavy atom. The third kappa shape index (κ3) is 3.46. The van der Waals surface area contributed by atoms with Crippen LogP contribution in [-0.2, 0) is 11.8 Å². The number of ether oxygens (including phenoxy) is 1. The van der Waals surface area contributed by atoms with E-state index < -0.39 is 0 Å². The number of hydrogen-bond acceptors (Lipinski definition) is 5. The van der Waals surface area contributed by atoms with Gasteiger partial charge in [-0.2, -0.15) is 0 Å². The number of nitrogens with zero attached hydrogens (tertiary/aromatic N) is 4. The van der Waals surface area contributed by atoms with Gasteiger partial charge in [-0.15, -0.1) is 0 Å². The summed E-state index contributed by atoms with van der Waals surface area (Å²) in [4.78, 5) is 23.6. The minimum atomic E-state index is -0.0828. The average molecular weight is 398 g/mol. The summed E-state index contributed by atoms with van der Waals surface area (Å²) in [6.45, 7) is 1.90. The highest BCUT2D eigenvalue weighted by molar-refractivity contribution is 5.83. The summed E-state index contributed by atoms with van der Waals surface area (Å²) in [7, 11) is 1.77. The Labute approximate surface area is 174 Å². The second kappa shape index (κ2) is 7.72. The Hall–Kier alpha value is -3.51. The molecule has 5 rings (SSSR count). The number of rotatable bonds is 3. The summed E-state index contributed by atoms with van der Waals surface area (Å²) in [5, 5.41) is 2.41. The molecule has 0 N–H and O–H groups in total. The fourth-order valence-corrected chi connectivity index (χ4v) is 3.92. The first-order chi connectivity index (χ1) is 14.7. The molecule has 1 atom stereocenters. The zero-order valence-corrected chi connectivity index (χ0v) is 16.7. The predicted octanol–water partition coefficient (Wildman–Crippen LogP) is 3.57. The largest absolute Gasteiger partial charge is 0.370 e. The highest BCUT2D eigenvalue weighted by atomic mass is 16.5. The Bertz CT molecular complexity index is 1250. The molecule has 0 radical (unpaired) electrons. The van der Waals surface area contributed by atoms with Gasteiger partial charge in [0.25, 0.3) is 5.56 Å². The first kappa shape index (κ1) is 18.5. The van der Waals surface area contributed by atoms with Crippen LogP contribution in [0.5, 0.6) is 0 Å². The number of hydrogen-bond donors (Lipinski definition) is 0. The third-order valence-corrected chi connectivity index (χ3v) is 5.58. The molecule has 30 heavy (non-hydrogen) atoms. The smallest absolute Gasteiger partial charge is 0.255 e. The van der Waals surface area contributed by atoms with Crippen LogP contribution >= 0.6 is 0 Å². The van der Waals surface area contributed by atoms with Crippen LogP contribution in [0.25, 0.3) is 22.0 Å². The number of morpholine rings is 1. The van der Waals surface area contributed by atoms with E-state index in [1.165, 1.54) is 10.8 Å². The molecule has 1 aliphatic heterocycles. The van der Waals surface area contributed by atoms with Crippen molar-refractivity contribution < 1.29 is 4.74 Å². The van der Waals surface area contributed by atoms with E-state index in [0.717, 1.165) is 11.1 Å². The summed E-state index contributed by atoms with van der Waals surface area (Å²) in [6.07, 6.45) is 3.34. The fraction of sp³-hybridized carbons (Fsp3) is 0.208. The van der Waals surface area contributed by atoms with Crippen molar-refractivity contribution in [3.05, 3.63) is 89.0 Å². The zero-order valence-electron chi connectivity index (χ0n) is 16.7. The van der Waals surface area contributed by atoms with Crippen molar-refractivity contribution in [2.75, 3.05) is 24.6 Å². The van der Waals surface area contributed by atoms with Gasteiger partial charge in [-0.1, -0.05) is 36.4 Å². The Morgan fingerprint density at radius 3 is 2.63 bits per heavy atom. The van der Waals surface area contributed by atoms with E-state index in [1.807, 2.05) is 24.3 Å². The lowest BCUT2D eigenvalue weighted by Crippen LogP contribution is -2.41. The molecule has 150 valence electrons. The third-order valence-electron chi connectivity index (χ3n) is 5.58. The minimum Gasteiger partial charge on any atom is -0.370 e. The molecule has 0 bridgehead atoms. The molecule has 6 nitrogen and oxygen atoms in total. The van der Waals surface area contributed by atoms with E-state index in [0.29, 0.717) is 31.3 Å². The Morgan fingerprint density at radius 2 is 1.80 bits per heavy atom. The van der Waals surface area contributed by atoms with Crippen LogP contribution in [0.15, 0.2) is 77.9 Å². The van der Waals surface area contributed by atoms with Crippen molar-refractivity contribution in [2.24, 2.45) is 7.05 Å². The predicted molar refractivity (Wildman–Crippen MR) is 118 cm³/mol. The first-order valence-electron chi connectivity index (χ1n) is 10.0. The Balaban J connectivity index is 1.48. The number of benzene rings is 2.